The standard InChI is InChI=1S/C23H21N5O3/c1-2-19-24-21(28(26-19)16-6-4-3-5-7-16)14-8-9-17-15(12-14)13-27(23(17)31)18-10-11-20(29)25-22(18)30/h3-9,12,18H,2,10-11,13H2,1H3,(H,25,29,30). The summed E-state index contributed by atoms with van der Waals surface area (Å²) in [6, 6.07) is 14.8. The summed E-state index contributed by atoms with van der Waals surface area (Å²) in [7, 11) is 0. The number of aryl methyl sites for hydroxylation is 1. The van der Waals surface area contributed by atoms with Gasteiger partial charge in [-0.2, -0.15) is 5.10 Å². The average Bonchev–Trinajstić information content (AvgIpc) is 3.36. The molecular formula is C23H21N5O3. The Balaban J connectivity index is 1.50. The molecule has 0 radical (unpaired) electrons. The van der Waals surface area contributed by atoms with Gasteiger partial charge in [0.25, 0.3) is 5.91 Å². The second kappa shape index (κ2) is 7.46. The SMILES string of the molecule is CCc1nc(-c2ccc3c(c2)CN(C2CCC(=O)NC2=O)C3=O)n(-c2ccccc2)n1. The van der Waals surface area contributed by atoms with Gasteiger partial charge in [0.15, 0.2) is 11.6 Å². The summed E-state index contributed by atoms with van der Waals surface area (Å²) < 4.78 is 1.81. The molecule has 0 bridgehead atoms. The Morgan fingerprint density at radius 2 is 1.90 bits per heavy atom. The van der Waals surface area contributed by atoms with Crippen LogP contribution in [0.3, 0.4) is 0 Å². The van der Waals surface area contributed by atoms with Crippen LogP contribution in [-0.4, -0.2) is 43.4 Å². The highest BCUT2D eigenvalue weighted by Crippen LogP contribution is 2.31. The van der Waals surface area contributed by atoms with E-state index in [4.69, 9.17) is 4.98 Å². The van der Waals surface area contributed by atoms with Crippen molar-refractivity contribution < 1.29 is 14.4 Å². The van der Waals surface area contributed by atoms with E-state index in [0.717, 1.165) is 22.6 Å². The Bertz CT molecular complexity index is 1200. The number of para-hydroxylation sites is 1. The summed E-state index contributed by atoms with van der Waals surface area (Å²) in [6.45, 7) is 2.34. The van der Waals surface area contributed by atoms with E-state index < -0.39 is 11.9 Å². The van der Waals surface area contributed by atoms with Gasteiger partial charge in [-0.15, -0.1) is 0 Å². The summed E-state index contributed by atoms with van der Waals surface area (Å²) in [4.78, 5) is 42.9. The fourth-order valence-corrected chi connectivity index (χ4v) is 4.15. The first kappa shape index (κ1) is 19.2. The number of fused-ring (bicyclic) bond motifs is 1. The van der Waals surface area contributed by atoms with Crippen molar-refractivity contribution in [2.24, 2.45) is 0 Å². The topological polar surface area (TPSA) is 97.2 Å². The highest BCUT2D eigenvalue weighted by atomic mass is 16.2. The quantitative estimate of drug-likeness (QED) is 0.660. The van der Waals surface area contributed by atoms with Crippen molar-refractivity contribution >= 4 is 17.7 Å². The van der Waals surface area contributed by atoms with Gasteiger partial charge < -0.3 is 4.90 Å². The Hall–Kier alpha value is -3.81. The van der Waals surface area contributed by atoms with Crippen LogP contribution in [0.5, 0.6) is 0 Å². The molecule has 3 aromatic rings. The number of nitrogens with one attached hydrogen (secondary N) is 1. The molecule has 1 fully saturated rings. The smallest absolute Gasteiger partial charge is 0.255 e. The van der Waals surface area contributed by atoms with Crippen molar-refractivity contribution in [3.05, 3.63) is 65.5 Å². The minimum atomic E-state index is -0.624. The van der Waals surface area contributed by atoms with Crippen LogP contribution in [0.4, 0.5) is 0 Å². The molecule has 3 heterocycles. The van der Waals surface area contributed by atoms with Gasteiger partial charge in [-0.1, -0.05) is 31.2 Å². The summed E-state index contributed by atoms with van der Waals surface area (Å²) in [5.41, 5.74) is 3.18. The van der Waals surface area contributed by atoms with Crippen LogP contribution < -0.4 is 5.32 Å². The third-order valence-corrected chi connectivity index (χ3v) is 5.75. The second-order valence-electron chi connectivity index (χ2n) is 7.72. The monoisotopic (exact) mass is 415 g/mol. The zero-order valence-corrected chi connectivity index (χ0v) is 17.0. The van der Waals surface area contributed by atoms with Gasteiger partial charge >= 0.3 is 0 Å². The molecule has 1 aromatic heterocycles. The van der Waals surface area contributed by atoms with Crippen molar-refractivity contribution in [3.8, 4) is 17.1 Å². The van der Waals surface area contributed by atoms with Crippen LogP contribution in [0, 0.1) is 0 Å². The summed E-state index contributed by atoms with van der Waals surface area (Å²) in [5.74, 6) is 0.557. The molecule has 3 amide bonds. The second-order valence-corrected chi connectivity index (χ2v) is 7.72. The van der Waals surface area contributed by atoms with Crippen LogP contribution in [0.15, 0.2) is 48.5 Å². The molecule has 1 saturated heterocycles. The largest absolute Gasteiger partial charge is 0.322 e. The fraction of sp³-hybridized carbons (Fsp3) is 0.261. The number of benzene rings is 2. The Kier molecular flexibility index (Phi) is 4.62. The van der Waals surface area contributed by atoms with Crippen molar-refractivity contribution in [2.75, 3.05) is 0 Å². The van der Waals surface area contributed by atoms with E-state index in [2.05, 4.69) is 10.4 Å². The normalized spacial score (nSPS) is 18.3. The number of piperidine rings is 1. The molecule has 2 aliphatic heterocycles. The summed E-state index contributed by atoms with van der Waals surface area (Å²) >= 11 is 0. The molecule has 0 spiro atoms. The highest BCUT2D eigenvalue weighted by molar-refractivity contribution is 6.05. The average molecular weight is 415 g/mol. The maximum absolute atomic E-state index is 12.9. The van der Waals surface area contributed by atoms with Gasteiger partial charge in [0.1, 0.15) is 6.04 Å². The first-order valence-electron chi connectivity index (χ1n) is 10.3. The molecule has 5 rings (SSSR count). The lowest BCUT2D eigenvalue weighted by Crippen LogP contribution is -2.52. The number of nitrogens with zero attached hydrogens (tertiary/aromatic N) is 4. The number of carbonyl (C=O) groups excluding carboxylic acids is 3. The number of carbonyl (C=O) groups is 3. The molecule has 8 nitrogen and oxygen atoms in total. The Morgan fingerprint density at radius 3 is 2.65 bits per heavy atom. The van der Waals surface area contributed by atoms with Gasteiger partial charge in [-0.3, -0.25) is 19.7 Å². The first-order chi connectivity index (χ1) is 15.0. The van der Waals surface area contributed by atoms with Crippen molar-refractivity contribution in [1.82, 2.24) is 25.0 Å². The molecule has 2 aromatic carbocycles. The van der Waals surface area contributed by atoms with E-state index >= 15 is 0 Å². The van der Waals surface area contributed by atoms with E-state index in [1.165, 1.54) is 0 Å². The molecule has 0 saturated carbocycles. The van der Waals surface area contributed by atoms with E-state index in [1.807, 2.05) is 54.1 Å². The van der Waals surface area contributed by atoms with Crippen molar-refractivity contribution in [1.29, 1.82) is 0 Å². The van der Waals surface area contributed by atoms with Crippen LogP contribution in [0.25, 0.3) is 17.1 Å². The number of aromatic nitrogens is 3. The van der Waals surface area contributed by atoms with E-state index in [1.54, 1.807) is 11.0 Å². The molecule has 1 unspecified atom stereocenters. The molecule has 31 heavy (non-hydrogen) atoms. The minimum absolute atomic E-state index is 0.185. The van der Waals surface area contributed by atoms with Crippen LogP contribution in [0.1, 0.15) is 41.5 Å². The number of amides is 3. The highest BCUT2D eigenvalue weighted by Gasteiger charge is 2.39. The number of hydrogen-bond acceptors (Lipinski definition) is 5. The minimum Gasteiger partial charge on any atom is -0.322 e. The van der Waals surface area contributed by atoms with Gasteiger partial charge in [0, 0.05) is 30.5 Å². The van der Waals surface area contributed by atoms with Crippen LogP contribution in [-0.2, 0) is 22.6 Å². The zero-order chi connectivity index (χ0) is 21.5. The molecule has 2 aliphatic rings. The molecule has 156 valence electrons. The predicted molar refractivity (Wildman–Crippen MR) is 112 cm³/mol. The first-order valence-corrected chi connectivity index (χ1v) is 10.3. The van der Waals surface area contributed by atoms with E-state index in [9.17, 15) is 14.4 Å². The number of hydrogen-bond donors (Lipinski definition) is 1. The van der Waals surface area contributed by atoms with Gasteiger partial charge in [0.05, 0.1) is 5.69 Å². The molecule has 1 atom stereocenters. The maximum Gasteiger partial charge on any atom is 0.255 e. The molecule has 1 N–H and O–H groups in total. The van der Waals surface area contributed by atoms with Crippen molar-refractivity contribution in [3.63, 3.8) is 0 Å². The van der Waals surface area contributed by atoms with Gasteiger partial charge in [-0.25, -0.2) is 9.67 Å². The Labute approximate surface area is 178 Å². The third-order valence-electron chi connectivity index (χ3n) is 5.75. The molecule has 0 aliphatic carbocycles. The van der Waals surface area contributed by atoms with Crippen LogP contribution in [0.2, 0.25) is 0 Å². The van der Waals surface area contributed by atoms with Gasteiger partial charge in [0.2, 0.25) is 11.8 Å². The van der Waals surface area contributed by atoms with E-state index in [-0.39, 0.29) is 18.2 Å². The maximum atomic E-state index is 12.9. The van der Waals surface area contributed by atoms with Gasteiger partial charge in [-0.05, 0) is 36.2 Å². The predicted octanol–water partition coefficient (Wildman–Crippen LogP) is 2.26. The zero-order valence-electron chi connectivity index (χ0n) is 17.0. The molecule has 8 heteroatoms. The van der Waals surface area contributed by atoms with E-state index in [0.29, 0.717) is 30.8 Å². The van der Waals surface area contributed by atoms with Crippen LogP contribution >= 0.6 is 0 Å². The summed E-state index contributed by atoms with van der Waals surface area (Å²) in [5, 5.41) is 6.96. The number of rotatable bonds is 4. The van der Waals surface area contributed by atoms with Crippen molar-refractivity contribution in [2.45, 2.75) is 38.8 Å². The lowest BCUT2D eigenvalue weighted by molar-refractivity contribution is -0.136. The Morgan fingerprint density at radius 1 is 1.10 bits per heavy atom. The third kappa shape index (κ3) is 3.30. The summed E-state index contributed by atoms with van der Waals surface area (Å²) in [6.07, 6.45) is 1.29. The molecular weight excluding hydrogens is 394 g/mol. The fourth-order valence-electron chi connectivity index (χ4n) is 4.15. The number of imide groups is 1. The lowest BCUT2D eigenvalue weighted by Gasteiger charge is -2.29. The lowest BCUT2D eigenvalue weighted by atomic mass is 10.0.